The number of thioether (sulfide) groups is 1. The molecule has 3 rings (SSSR count). The molecule has 3 aromatic rings. The monoisotopic (exact) mass is 494 g/mol. The summed E-state index contributed by atoms with van der Waals surface area (Å²) in [5.74, 6) is 0.532. The first-order valence-corrected chi connectivity index (χ1v) is 12.7. The Kier molecular flexibility index (Phi) is 8.92. The van der Waals surface area contributed by atoms with Gasteiger partial charge in [-0.1, -0.05) is 30.0 Å². The molecule has 0 fully saturated rings. The molecular formula is C26H34N6O2S. The van der Waals surface area contributed by atoms with Crippen LogP contribution in [0.15, 0.2) is 47.6 Å². The molecule has 2 amide bonds. The molecule has 9 heteroatoms. The number of rotatable bonds is 10. The predicted octanol–water partition coefficient (Wildman–Crippen LogP) is 4.13. The molecule has 35 heavy (non-hydrogen) atoms. The number of anilines is 2. The van der Waals surface area contributed by atoms with Crippen LogP contribution in [0.5, 0.6) is 0 Å². The number of carbonyl (C=O) groups is 2. The molecule has 1 N–H and O–H groups in total. The van der Waals surface area contributed by atoms with E-state index in [9.17, 15) is 9.59 Å². The number of nitrogens with zero attached hydrogens (tertiary/aromatic N) is 5. The van der Waals surface area contributed by atoms with Crippen LogP contribution in [0.1, 0.15) is 25.0 Å². The van der Waals surface area contributed by atoms with Crippen LogP contribution in [0.25, 0.3) is 11.4 Å². The van der Waals surface area contributed by atoms with Gasteiger partial charge in [-0.25, -0.2) is 0 Å². The highest BCUT2D eigenvalue weighted by molar-refractivity contribution is 7.99. The third kappa shape index (κ3) is 6.42. The van der Waals surface area contributed by atoms with E-state index in [1.807, 2.05) is 55.8 Å². The van der Waals surface area contributed by atoms with Crippen LogP contribution in [0, 0.1) is 13.8 Å². The van der Waals surface area contributed by atoms with Gasteiger partial charge in [-0.05, 0) is 63.1 Å². The van der Waals surface area contributed by atoms with Gasteiger partial charge in [0.2, 0.25) is 11.8 Å². The van der Waals surface area contributed by atoms with Crippen LogP contribution in [0.4, 0.5) is 11.4 Å². The first kappa shape index (κ1) is 26.3. The van der Waals surface area contributed by atoms with E-state index in [1.165, 1.54) is 22.3 Å². The highest BCUT2D eigenvalue weighted by Gasteiger charge is 2.17. The molecule has 0 spiro atoms. The van der Waals surface area contributed by atoms with Gasteiger partial charge < -0.3 is 19.7 Å². The molecule has 0 aliphatic carbocycles. The molecule has 0 bridgehead atoms. The fourth-order valence-corrected chi connectivity index (χ4v) is 4.68. The first-order valence-electron chi connectivity index (χ1n) is 11.7. The molecule has 0 saturated heterocycles. The fraction of sp³-hybridized carbons (Fsp3) is 0.385. The Morgan fingerprint density at radius 1 is 1.00 bits per heavy atom. The van der Waals surface area contributed by atoms with Crippen LogP contribution in [-0.2, 0) is 16.6 Å². The lowest BCUT2D eigenvalue weighted by Crippen LogP contribution is -2.36. The summed E-state index contributed by atoms with van der Waals surface area (Å²) in [5.41, 5.74) is 4.91. The molecule has 0 unspecified atom stereocenters. The van der Waals surface area contributed by atoms with Crippen molar-refractivity contribution < 1.29 is 9.59 Å². The van der Waals surface area contributed by atoms with E-state index in [1.54, 1.807) is 7.05 Å². The summed E-state index contributed by atoms with van der Waals surface area (Å²) in [7, 11) is 3.52. The highest BCUT2D eigenvalue weighted by atomic mass is 32.2. The normalized spacial score (nSPS) is 10.8. The molecule has 0 aliphatic heterocycles. The second-order valence-electron chi connectivity index (χ2n) is 8.44. The Morgan fingerprint density at radius 2 is 1.63 bits per heavy atom. The lowest BCUT2D eigenvalue weighted by Gasteiger charge is -2.21. The molecule has 2 aromatic carbocycles. The van der Waals surface area contributed by atoms with Gasteiger partial charge in [0.05, 0.1) is 12.3 Å². The molecule has 0 atom stereocenters. The van der Waals surface area contributed by atoms with Crippen molar-refractivity contribution in [1.29, 1.82) is 0 Å². The Bertz CT molecular complexity index is 1150. The number of nitrogens with one attached hydrogen (secondary N) is 1. The average Bonchev–Trinajstić information content (AvgIpc) is 3.21. The summed E-state index contributed by atoms with van der Waals surface area (Å²) >= 11 is 1.31. The fourth-order valence-electron chi connectivity index (χ4n) is 3.83. The Labute approximate surface area is 211 Å². The van der Waals surface area contributed by atoms with Gasteiger partial charge in [-0.15, -0.1) is 10.2 Å². The van der Waals surface area contributed by atoms with Crippen molar-refractivity contribution in [1.82, 2.24) is 19.7 Å². The maximum atomic E-state index is 12.6. The Balaban J connectivity index is 1.57. The second kappa shape index (κ2) is 11.9. The molecule has 0 aliphatic rings. The Hall–Kier alpha value is -3.33. The number of aromatic nitrogens is 3. The topological polar surface area (TPSA) is 83.4 Å². The number of hydrogen-bond acceptors (Lipinski definition) is 6. The molecule has 186 valence electrons. The third-order valence-corrected chi connectivity index (χ3v) is 6.97. The number of hydrogen-bond donors (Lipinski definition) is 1. The standard InChI is InChI=1S/C26H34N6O2S/c1-7-32(8-2)21-14-12-20(13-15-21)25-28-29-26(31(25)6)35-17-23(34)30(5)16-22(33)27-24-18(3)10-9-11-19(24)4/h9-15H,7-8,16-17H2,1-6H3,(H,27,33). The summed E-state index contributed by atoms with van der Waals surface area (Å²) in [6, 6.07) is 14.1. The minimum Gasteiger partial charge on any atom is -0.372 e. The van der Waals surface area contributed by atoms with Gasteiger partial charge in [-0.2, -0.15) is 0 Å². The van der Waals surface area contributed by atoms with Crippen molar-refractivity contribution in [2.75, 3.05) is 42.7 Å². The quantitative estimate of drug-likeness (QED) is 0.427. The van der Waals surface area contributed by atoms with E-state index in [4.69, 9.17) is 0 Å². The maximum Gasteiger partial charge on any atom is 0.243 e. The average molecular weight is 495 g/mol. The number of likely N-dealkylation sites (N-methyl/N-ethyl adjacent to an activating group) is 1. The summed E-state index contributed by atoms with van der Waals surface area (Å²) in [6.45, 7) is 10.1. The molecule has 1 heterocycles. The van der Waals surface area contributed by atoms with Gasteiger partial charge >= 0.3 is 0 Å². The van der Waals surface area contributed by atoms with Crippen molar-refractivity contribution >= 4 is 35.0 Å². The lowest BCUT2D eigenvalue weighted by molar-refractivity contribution is -0.131. The summed E-state index contributed by atoms with van der Waals surface area (Å²) in [5, 5.41) is 12.2. The van der Waals surface area contributed by atoms with E-state index in [2.05, 4.69) is 46.4 Å². The number of benzene rings is 2. The molecular weight excluding hydrogens is 460 g/mol. The van der Waals surface area contributed by atoms with Gasteiger partial charge in [-0.3, -0.25) is 9.59 Å². The van der Waals surface area contributed by atoms with Crippen LogP contribution in [0.2, 0.25) is 0 Å². The van der Waals surface area contributed by atoms with Crippen LogP contribution in [0.3, 0.4) is 0 Å². The smallest absolute Gasteiger partial charge is 0.243 e. The molecule has 1 aromatic heterocycles. The van der Waals surface area contributed by atoms with Gasteiger partial charge in [0.1, 0.15) is 0 Å². The van der Waals surface area contributed by atoms with Gasteiger partial charge in [0.15, 0.2) is 11.0 Å². The van der Waals surface area contributed by atoms with Gasteiger partial charge in [0, 0.05) is 44.1 Å². The van der Waals surface area contributed by atoms with Crippen molar-refractivity contribution in [2.24, 2.45) is 7.05 Å². The summed E-state index contributed by atoms with van der Waals surface area (Å²) in [4.78, 5) is 28.8. The van der Waals surface area contributed by atoms with Crippen LogP contribution in [-0.4, -0.2) is 63.9 Å². The van der Waals surface area contributed by atoms with Crippen LogP contribution < -0.4 is 10.2 Å². The van der Waals surface area contributed by atoms with E-state index in [0.717, 1.165) is 41.3 Å². The lowest BCUT2D eigenvalue weighted by atomic mass is 10.1. The number of amides is 2. The number of carbonyl (C=O) groups excluding carboxylic acids is 2. The van der Waals surface area contributed by atoms with Crippen LogP contribution >= 0.6 is 11.8 Å². The zero-order valence-electron chi connectivity index (χ0n) is 21.3. The highest BCUT2D eigenvalue weighted by Crippen LogP contribution is 2.25. The number of para-hydroxylation sites is 1. The molecule has 8 nitrogen and oxygen atoms in total. The number of aryl methyl sites for hydroxylation is 2. The Morgan fingerprint density at radius 3 is 2.23 bits per heavy atom. The van der Waals surface area contributed by atoms with Crippen molar-refractivity contribution in [2.45, 2.75) is 32.9 Å². The van der Waals surface area contributed by atoms with Crippen molar-refractivity contribution in [3.05, 3.63) is 53.6 Å². The predicted molar refractivity (Wildman–Crippen MR) is 143 cm³/mol. The minimum absolute atomic E-state index is 0.0177. The summed E-state index contributed by atoms with van der Waals surface area (Å²) in [6.07, 6.45) is 0. The second-order valence-corrected chi connectivity index (χ2v) is 9.38. The van der Waals surface area contributed by atoms with E-state index in [-0.39, 0.29) is 24.1 Å². The molecule has 0 saturated carbocycles. The van der Waals surface area contributed by atoms with E-state index < -0.39 is 0 Å². The first-order chi connectivity index (χ1) is 16.7. The van der Waals surface area contributed by atoms with Gasteiger partial charge in [0.25, 0.3) is 0 Å². The third-order valence-electron chi connectivity index (χ3n) is 5.97. The zero-order chi connectivity index (χ0) is 25.5. The van der Waals surface area contributed by atoms with Crippen molar-refractivity contribution in [3.8, 4) is 11.4 Å². The zero-order valence-corrected chi connectivity index (χ0v) is 22.1. The minimum atomic E-state index is -0.225. The van der Waals surface area contributed by atoms with Crippen molar-refractivity contribution in [3.63, 3.8) is 0 Å². The largest absolute Gasteiger partial charge is 0.372 e. The maximum absolute atomic E-state index is 12.6. The summed E-state index contributed by atoms with van der Waals surface area (Å²) < 4.78 is 1.89. The molecule has 0 radical (unpaired) electrons. The van der Waals surface area contributed by atoms with E-state index >= 15 is 0 Å². The van der Waals surface area contributed by atoms with E-state index in [0.29, 0.717) is 5.16 Å². The SMILES string of the molecule is CCN(CC)c1ccc(-c2nnc(SCC(=O)N(C)CC(=O)Nc3c(C)cccc3C)n2C)cc1.